The van der Waals surface area contributed by atoms with Crippen molar-refractivity contribution in [3.8, 4) is 5.69 Å². The second-order valence-electron chi connectivity index (χ2n) is 4.86. The van der Waals surface area contributed by atoms with Gasteiger partial charge in [0.25, 0.3) is 0 Å². The van der Waals surface area contributed by atoms with E-state index in [9.17, 15) is 4.79 Å². The molecule has 0 spiro atoms. The van der Waals surface area contributed by atoms with E-state index in [-0.39, 0.29) is 11.6 Å². The normalized spacial score (nSPS) is 19.2. The van der Waals surface area contributed by atoms with Gasteiger partial charge in [-0.05, 0) is 37.6 Å². The Balaban J connectivity index is 2.06. The van der Waals surface area contributed by atoms with E-state index in [0.717, 1.165) is 31.8 Å². The van der Waals surface area contributed by atoms with Crippen LogP contribution in [-0.2, 0) is 0 Å². The van der Waals surface area contributed by atoms with Gasteiger partial charge in [-0.3, -0.25) is 0 Å². The molecule has 0 aliphatic carbocycles. The van der Waals surface area contributed by atoms with Crippen molar-refractivity contribution >= 4 is 23.2 Å². The van der Waals surface area contributed by atoms with Crippen LogP contribution in [0.15, 0.2) is 23.0 Å². The number of halogens is 2. The first kappa shape index (κ1) is 13.7. The van der Waals surface area contributed by atoms with E-state index in [1.807, 2.05) is 0 Å². The number of nitrogens with one attached hydrogen (secondary N) is 2. The van der Waals surface area contributed by atoms with E-state index < -0.39 is 0 Å². The molecule has 0 amide bonds. The van der Waals surface area contributed by atoms with E-state index in [1.54, 1.807) is 22.8 Å². The number of hydrogen-bond acceptors (Lipinski definition) is 3. The minimum Gasteiger partial charge on any atom is -0.316 e. The van der Waals surface area contributed by atoms with Gasteiger partial charge in [-0.15, -0.1) is 0 Å². The van der Waals surface area contributed by atoms with Gasteiger partial charge >= 0.3 is 5.69 Å². The number of hydrogen-bond donors (Lipinski definition) is 2. The van der Waals surface area contributed by atoms with Crippen molar-refractivity contribution < 1.29 is 0 Å². The van der Waals surface area contributed by atoms with Crippen LogP contribution in [0.5, 0.6) is 0 Å². The topological polar surface area (TPSA) is 62.7 Å². The number of aromatic nitrogens is 3. The highest BCUT2D eigenvalue weighted by Crippen LogP contribution is 2.27. The monoisotopic (exact) mass is 312 g/mol. The zero-order valence-corrected chi connectivity index (χ0v) is 12.2. The lowest BCUT2D eigenvalue weighted by atomic mass is 9.99. The lowest BCUT2D eigenvalue weighted by Crippen LogP contribution is -2.31. The summed E-state index contributed by atoms with van der Waals surface area (Å²) >= 11 is 11.9. The van der Waals surface area contributed by atoms with Crippen molar-refractivity contribution in [1.29, 1.82) is 0 Å². The van der Waals surface area contributed by atoms with Crippen molar-refractivity contribution in [2.45, 2.75) is 18.8 Å². The van der Waals surface area contributed by atoms with E-state index >= 15 is 0 Å². The maximum Gasteiger partial charge on any atom is 0.347 e. The Morgan fingerprint density at radius 3 is 2.85 bits per heavy atom. The van der Waals surface area contributed by atoms with Crippen molar-refractivity contribution in [2.75, 3.05) is 13.1 Å². The minimum absolute atomic E-state index is 0.220. The molecule has 1 aromatic carbocycles. The molecule has 1 aliphatic rings. The zero-order valence-electron chi connectivity index (χ0n) is 10.7. The summed E-state index contributed by atoms with van der Waals surface area (Å²) in [6.07, 6.45) is 2.09. The summed E-state index contributed by atoms with van der Waals surface area (Å²) in [5.41, 5.74) is 0.419. The molecule has 0 radical (unpaired) electrons. The molecule has 1 saturated heterocycles. The summed E-state index contributed by atoms with van der Waals surface area (Å²) < 4.78 is 1.57. The molecule has 1 unspecified atom stereocenters. The molecule has 7 heteroatoms. The fourth-order valence-corrected chi connectivity index (χ4v) is 2.82. The highest BCUT2D eigenvalue weighted by Gasteiger charge is 2.22. The summed E-state index contributed by atoms with van der Waals surface area (Å²) in [6.45, 7) is 1.84. The lowest BCUT2D eigenvalue weighted by Gasteiger charge is -2.22. The molecule has 0 saturated carbocycles. The van der Waals surface area contributed by atoms with Gasteiger partial charge in [0.05, 0.1) is 15.7 Å². The van der Waals surface area contributed by atoms with E-state index in [1.165, 1.54) is 0 Å². The number of rotatable bonds is 2. The van der Waals surface area contributed by atoms with Crippen molar-refractivity contribution in [3.05, 3.63) is 44.6 Å². The van der Waals surface area contributed by atoms with Crippen LogP contribution in [0.25, 0.3) is 5.69 Å². The Hall–Kier alpha value is -1.30. The van der Waals surface area contributed by atoms with Gasteiger partial charge in [0.15, 0.2) is 0 Å². The smallest absolute Gasteiger partial charge is 0.316 e. The third-order valence-corrected chi connectivity index (χ3v) is 4.26. The van der Waals surface area contributed by atoms with Crippen LogP contribution in [0.2, 0.25) is 10.0 Å². The highest BCUT2D eigenvalue weighted by molar-refractivity contribution is 6.42. The van der Waals surface area contributed by atoms with Gasteiger partial charge in [-0.1, -0.05) is 23.2 Å². The molecule has 1 aliphatic heterocycles. The van der Waals surface area contributed by atoms with Gasteiger partial charge in [0.1, 0.15) is 5.82 Å². The number of piperidine rings is 1. The van der Waals surface area contributed by atoms with Crippen LogP contribution < -0.4 is 11.0 Å². The maximum absolute atomic E-state index is 12.0. The Kier molecular flexibility index (Phi) is 3.83. The second kappa shape index (κ2) is 5.60. The SMILES string of the molecule is O=c1[nH]nc(C2CCCNC2)n1-c1ccc(Cl)c(Cl)c1. The summed E-state index contributed by atoms with van der Waals surface area (Å²) in [5, 5.41) is 10.9. The second-order valence-corrected chi connectivity index (χ2v) is 5.68. The number of aromatic amines is 1. The molecule has 1 fully saturated rings. The quantitative estimate of drug-likeness (QED) is 0.894. The van der Waals surface area contributed by atoms with Crippen molar-refractivity contribution in [1.82, 2.24) is 20.1 Å². The van der Waals surface area contributed by atoms with Gasteiger partial charge in [-0.2, -0.15) is 5.10 Å². The third-order valence-electron chi connectivity index (χ3n) is 3.52. The zero-order chi connectivity index (χ0) is 14.1. The Labute approximate surface area is 125 Å². The van der Waals surface area contributed by atoms with Crippen LogP contribution in [0.4, 0.5) is 0 Å². The molecule has 3 rings (SSSR count). The average molecular weight is 313 g/mol. The van der Waals surface area contributed by atoms with Gasteiger partial charge < -0.3 is 5.32 Å². The van der Waals surface area contributed by atoms with Crippen LogP contribution in [-0.4, -0.2) is 27.9 Å². The molecular formula is C13H14Cl2N4O. The van der Waals surface area contributed by atoms with Crippen LogP contribution in [0.1, 0.15) is 24.6 Å². The standard InChI is InChI=1S/C13H14Cl2N4O/c14-10-4-3-9(6-11(10)15)19-12(17-18-13(19)20)8-2-1-5-16-7-8/h3-4,6,8,16H,1-2,5,7H2,(H,18,20). The van der Waals surface area contributed by atoms with Crippen molar-refractivity contribution in [2.24, 2.45) is 0 Å². The van der Waals surface area contributed by atoms with E-state index in [0.29, 0.717) is 15.7 Å². The molecular weight excluding hydrogens is 299 g/mol. The molecule has 2 heterocycles. The van der Waals surface area contributed by atoms with Gasteiger partial charge in [0.2, 0.25) is 0 Å². The predicted molar refractivity (Wildman–Crippen MR) is 79.0 cm³/mol. The maximum atomic E-state index is 12.0. The van der Waals surface area contributed by atoms with Gasteiger partial charge in [0, 0.05) is 12.5 Å². The Bertz CT molecular complexity index is 673. The number of benzene rings is 1. The molecule has 1 atom stereocenters. The van der Waals surface area contributed by atoms with Crippen LogP contribution in [0.3, 0.4) is 0 Å². The molecule has 0 bridgehead atoms. The average Bonchev–Trinajstić information content (AvgIpc) is 2.85. The highest BCUT2D eigenvalue weighted by atomic mass is 35.5. The molecule has 5 nitrogen and oxygen atoms in total. The first-order valence-corrected chi connectivity index (χ1v) is 7.26. The molecule has 2 aromatic rings. The fraction of sp³-hybridized carbons (Fsp3) is 0.385. The first-order chi connectivity index (χ1) is 9.66. The Morgan fingerprint density at radius 1 is 1.30 bits per heavy atom. The minimum atomic E-state index is -0.260. The third kappa shape index (κ3) is 2.49. The van der Waals surface area contributed by atoms with E-state index in [4.69, 9.17) is 23.2 Å². The van der Waals surface area contributed by atoms with Crippen LogP contribution in [0, 0.1) is 0 Å². The fourth-order valence-electron chi connectivity index (χ4n) is 2.53. The summed E-state index contributed by atoms with van der Waals surface area (Å²) in [5.74, 6) is 0.956. The van der Waals surface area contributed by atoms with E-state index in [2.05, 4.69) is 15.5 Å². The number of H-pyrrole nitrogens is 1. The first-order valence-electron chi connectivity index (χ1n) is 6.50. The molecule has 20 heavy (non-hydrogen) atoms. The molecule has 106 valence electrons. The lowest BCUT2D eigenvalue weighted by molar-refractivity contribution is 0.442. The summed E-state index contributed by atoms with van der Waals surface area (Å²) in [4.78, 5) is 12.0. The summed E-state index contributed by atoms with van der Waals surface area (Å²) in [7, 11) is 0. The van der Waals surface area contributed by atoms with Crippen LogP contribution >= 0.6 is 23.2 Å². The van der Waals surface area contributed by atoms with Crippen molar-refractivity contribution in [3.63, 3.8) is 0 Å². The molecule has 2 N–H and O–H groups in total. The summed E-state index contributed by atoms with van der Waals surface area (Å²) in [6, 6.07) is 5.13. The largest absolute Gasteiger partial charge is 0.347 e. The Morgan fingerprint density at radius 2 is 2.15 bits per heavy atom. The number of nitrogens with zero attached hydrogens (tertiary/aromatic N) is 2. The predicted octanol–water partition coefficient (Wildman–Crippen LogP) is 2.33. The molecule has 1 aromatic heterocycles. The van der Waals surface area contributed by atoms with Gasteiger partial charge in [-0.25, -0.2) is 14.5 Å².